The largest absolute Gasteiger partial charge is 0.497 e. The minimum absolute atomic E-state index is 0.00673. The number of ether oxygens (including phenoxy) is 1. The van der Waals surface area contributed by atoms with E-state index in [2.05, 4.69) is 0 Å². The monoisotopic (exact) mass is 491 g/mol. The molecule has 1 aromatic heterocycles. The normalized spacial score (nSPS) is 15.6. The number of hydrogen-bond acceptors (Lipinski definition) is 8. The van der Waals surface area contributed by atoms with Crippen LogP contribution in [-0.4, -0.2) is 47.8 Å². The Morgan fingerprint density at radius 1 is 1.28 bits per heavy atom. The number of nitriles is 1. The number of thioether (sulfide) groups is 1. The van der Waals surface area contributed by atoms with Gasteiger partial charge in [0, 0.05) is 19.0 Å². The Labute approximate surface area is 196 Å². The van der Waals surface area contributed by atoms with Crippen molar-refractivity contribution in [3.05, 3.63) is 58.4 Å². The van der Waals surface area contributed by atoms with Crippen molar-refractivity contribution in [1.29, 1.82) is 5.26 Å². The lowest BCUT2D eigenvalue weighted by Gasteiger charge is -2.16. The van der Waals surface area contributed by atoms with Gasteiger partial charge in [-0.05, 0) is 29.8 Å². The third-order valence-corrected chi connectivity index (χ3v) is 7.23. The molecule has 0 unspecified atom stereocenters. The van der Waals surface area contributed by atoms with Gasteiger partial charge in [0.15, 0.2) is 0 Å². The molecule has 0 spiro atoms. The number of carbonyl (C=O) groups excluding carboxylic acids is 1. The highest BCUT2D eigenvalue weighted by Gasteiger charge is 2.32. The molecule has 168 valence electrons. The van der Waals surface area contributed by atoms with Crippen molar-refractivity contribution in [1.82, 2.24) is 9.21 Å². The standard InChI is InChI=1S/C21H21N3O5S3/c1-28-16-6-4-15(5-7-16)13-24-20(25)19(31-21(24)30)12-17-8-9-18(29-17)14-23(11-3-10-22)32(2,26)27/h4-9,12H,3,11,13-14H2,1-2H3/b19-12-. The van der Waals surface area contributed by atoms with Crippen molar-refractivity contribution in [3.8, 4) is 11.8 Å². The van der Waals surface area contributed by atoms with Crippen LogP contribution < -0.4 is 4.74 Å². The van der Waals surface area contributed by atoms with Crippen LogP contribution in [0, 0.1) is 11.3 Å². The summed E-state index contributed by atoms with van der Waals surface area (Å²) in [5, 5.41) is 8.74. The van der Waals surface area contributed by atoms with Crippen LogP contribution in [0.5, 0.6) is 5.75 Å². The molecule has 1 saturated heterocycles. The van der Waals surface area contributed by atoms with Crippen LogP contribution in [0.4, 0.5) is 0 Å². The lowest BCUT2D eigenvalue weighted by atomic mass is 10.2. The first-order valence-electron chi connectivity index (χ1n) is 9.50. The first-order valence-corrected chi connectivity index (χ1v) is 12.6. The van der Waals surface area contributed by atoms with E-state index in [-0.39, 0.29) is 25.4 Å². The summed E-state index contributed by atoms with van der Waals surface area (Å²) in [6, 6.07) is 12.6. The Morgan fingerprint density at radius 2 is 2.00 bits per heavy atom. The molecular formula is C21H21N3O5S3. The molecule has 0 aliphatic carbocycles. The number of rotatable bonds is 9. The molecule has 0 N–H and O–H groups in total. The van der Waals surface area contributed by atoms with Crippen LogP contribution in [0.3, 0.4) is 0 Å². The number of amides is 1. The van der Waals surface area contributed by atoms with Gasteiger partial charge in [-0.3, -0.25) is 9.69 Å². The summed E-state index contributed by atoms with van der Waals surface area (Å²) in [5.74, 6) is 1.34. The highest BCUT2D eigenvalue weighted by Crippen LogP contribution is 2.34. The molecule has 2 heterocycles. The molecule has 11 heteroatoms. The van der Waals surface area contributed by atoms with Crippen molar-refractivity contribution >= 4 is 50.3 Å². The Hall–Kier alpha value is -2.65. The van der Waals surface area contributed by atoms with Gasteiger partial charge in [-0.15, -0.1) is 0 Å². The second kappa shape index (κ2) is 10.3. The van der Waals surface area contributed by atoms with E-state index >= 15 is 0 Å². The van der Waals surface area contributed by atoms with E-state index in [1.54, 1.807) is 25.3 Å². The zero-order chi connectivity index (χ0) is 23.3. The Balaban J connectivity index is 1.71. The highest BCUT2D eigenvalue weighted by atomic mass is 32.2. The molecule has 1 fully saturated rings. The van der Waals surface area contributed by atoms with Gasteiger partial charge in [-0.2, -0.15) is 9.57 Å². The SMILES string of the molecule is COc1ccc(CN2C(=O)/C(=C/c3ccc(CN(CCC#N)S(C)(=O)=O)o3)SC2=S)cc1. The zero-order valence-electron chi connectivity index (χ0n) is 17.5. The van der Waals surface area contributed by atoms with E-state index in [4.69, 9.17) is 26.6 Å². The molecule has 1 aromatic carbocycles. The van der Waals surface area contributed by atoms with Crippen LogP contribution >= 0.6 is 24.0 Å². The molecule has 32 heavy (non-hydrogen) atoms. The fourth-order valence-corrected chi connectivity index (χ4v) is 4.97. The second-order valence-electron chi connectivity index (χ2n) is 6.92. The van der Waals surface area contributed by atoms with Crippen LogP contribution in [0.2, 0.25) is 0 Å². The number of thiocarbonyl (C=S) groups is 1. The maximum Gasteiger partial charge on any atom is 0.266 e. The number of methoxy groups -OCH3 is 1. The van der Waals surface area contributed by atoms with E-state index in [1.165, 1.54) is 21.0 Å². The molecular weight excluding hydrogens is 470 g/mol. The Bertz CT molecular complexity index is 1180. The number of nitrogens with zero attached hydrogens (tertiary/aromatic N) is 3. The van der Waals surface area contributed by atoms with Gasteiger partial charge in [0.25, 0.3) is 5.91 Å². The van der Waals surface area contributed by atoms with Crippen molar-refractivity contribution in [2.75, 3.05) is 19.9 Å². The third-order valence-electron chi connectivity index (χ3n) is 4.60. The van der Waals surface area contributed by atoms with E-state index in [0.29, 0.717) is 27.3 Å². The van der Waals surface area contributed by atoms with E-state index in [9.17, 15) is 13.2 Å². The predicted molar refractivity (Wildman–Crippen MR) is 126 cm³/mol. The number of benzene rings is 1. The van der Waals surface area contributed by atoms with Gasteiger partial charge in [-0.25, -0.2) is 8.42 Å². The average molecular weight is 492 g/mol. The van der Waals surface area contributed by atoms with Crippen LogP contribution in [-0.2, 0) is 27.9 Å². The summed E-state index contributed by atoms with van der Waals surface area (Å²) in [6.45, 7) is 0.430. The topological polar surface area (TPSA) is 104 Å². The number of sulfonamides is 1. The molecule has 0 bridgehead atoms. The van der Waals surface area contributed by atoms with E-state index in [0.717, 1.165) is 17.6 Å². The molecule has 8 nitrogen and oxygen atoms in total. The molecule has 0 radical (unpaired) electrons. The smallest absolute Gasteiger partial charge is 0.266 e. The van der Waals surface area contributed by atoms with Gasteiger partial charge >= 0.3 is 0 Å². The lowest BCUT2D eigenvalue weighted by Crippen LogP contribution is -2.30. The maximum absolute atomic E-state index is 12.8. The van der Waals surface area contributed by atoms with Crippen molar-refractivity contribution in [2.45, 2.75) is 19.5 Å². The summed E-state index contributed by atoms with van der Waals surface area (Å²) < 4.78 is 36.3. The van der Waals surface area contributed by atoms with Gasteiger partial charge in [0.05, 0.1) is 37.4 Å². The average Bonchev–Trinajstić information content (AvgIpc) is 3.30. The summed E-state index contributed by atoms with van der Waals surface area (Å²) in [7, 11) is -1.90. The zero-order valence-corrected chi connectivity index (χ0v) is 19.9. The van der Waals surface area contributed by atoms with Crippen molar-refractivity contribution in [2.24, 2.45) is 0 Å². The summed E-state index contributed by atoms with van der Waals surface area (Å²) in [6.07, 6.45) is 2.76. The Kier molecular flexibility index (Phi) is 7.73. The highest BCUT2D eigenvalue weighted by molar-refractivity contribution is 8.26. The molecule has 2 aromatic rings. The van der Waals surface area contributed by atoms with Crippen LogP contribution in [0.15, 0.2) is 45.7 Å². The first kappa shape index (κ1) is 24.0. The Morgan fingerprint density at radius 3 is 2.62 bits per heavy atom. The van der Waals surface area contributed by atoms with Crippen molar-refractivity contribution in [3.63, 3.8) is 0 Å². The number of hydrogen-bond donors (Lipinski definition) is 0. The van der Waals surface area contributed by atoms with Crippen molar-refractivity contribution < 1.29 is 22.4 Å². The number of carbonyl (C=O) groups is 1. The summed E-state index contributed by atoms with van der Waals surface area (Å²) in [4.78, 5) is 14.8. The molecule has 1 aliphatic rings. The maximum atomic E-state index is 12.8. The molecule has 0 atom stereocenters. The van der Waals surface area contributed by atoms with Gasteiger partial charge in [-0.1, -0.05) is 36.1 Å². The minimum Gasteiger partial charge on any atom is -0.497 e. The fraction of sp³-hybridized carbons (Fsp3) is 0.286. The van der Waals surface area contributed by atoms with Crippen LogP contribution in [0.25, 0.3) is 6.08 Å². The lowest BCUT2D eigenvalue weighted by molar-refractivity contribution is -0.122. The molecule has 0 saturated carbocycles. The quantitative estimate of drug-likeness (QED) is 0.389. The summed E-state index contributed by atoms with van der Waals surface area (Å²) >= 11 is 6.56. The van der Waals surface area contributed by atoms with Gasteiger partial charge in [0.1, 0.15) is 21.6 Å². The first-order chi connectivity index (χ1) is 15.2. The van der Waals surface area contributed by atoms with Gasteiger partial charge in [0.2, 0.25) is 10.0 Å². The fourth-order valence-electron chi connectivity index (χ4n) is 2.95. The number of furan rings is 1. The molecule has 1 aliphatic heterocycles. The molecule has 1 amide bonds. The molecule has 3 rings (SSSR count). The van der Waals surface area contributed by atoms with E-state index < -0.39 is 10.0 Å². The van der Waals surface area contributed by atoms with E-state index in [1.807, 2.05) is 30.3 Å². The predicted octanol–water partition coefficient (Wildman–Crippen LogP) is 3.36. The second-order valence-corrected chi connectivity index (χ2v) is 10.6. The third kappa shape index (κ3) is 5.98. The van der Waals surface area contributed by atoms with Crippen LogP contribution in [0.1, 0.15) is 23.5 Å². The summed E-state index contributed by atoms with van der Waals surface area (Å²) in [5.41, 5.74) is 0.918. The minimum atomic E-state index is -3.49. The van der Waals surface area contributed by atoms with Gasteiger partial charge < -0.3 is 9.15 Å².